The van der Waals surface area contributed by atoms with E-state index in [4.69, 9.17) is 28.9 Å². The summed E-state index contributed by atoms with van der Waals surface area (Å²) in [4.78, 5) is 4.35. The van der Waals surface area contributed by atoms with Crippen molar-refractivity contribution in [2.45, 2.75) is 26.3 Å². The third-order valence-electron chi connectivity index (χ3n) is 2.71. The molecule has 1 heterocycles. The monoisotopic (exact) mass is 283 g/mol. The van der Waals surface area contributed by atoms with Gasteiger partial charge in [0.15, 0.2) is 0 Å². The molecule has 18 heavy (non-hydrogen) atoms. The minimum atomic E-state index is -0.117. The number of nitrogens with zero attached hydrogens (tertiary/aromatic N) is 2. The maximum Gasteiger partial charge on any atom is 0.132 e. The van der Waals surface area contributed by atoms with Gasteiger partial charge in [-0.05, 0) is 39.0 Å². The minimum Gasteiger partial charge on any atom is -0.383 e. The summed E-state index contributed by atoms with van der Waals surface area (Å²) in [6, 6.07) is 5.29. The molecule has 2 rings (SSSR count). The summed E-state index contributed by atoms with van der Waals surface area (Å²) in [6.07, 6.45) is 1.73. The van der Waals surface area contributed by atoms with E-state index in [-0.39, 0.29) is 5.54 Å². The maximum absolute atomic E-state index is 6.17. The van der Waals surface area contributed by atoms with Gasteiger partial charge in [-0.2, -0.15) is 0 Å². The van der Waals surface area contributed by atoms with Crippen molar-refractivity contribution in [3.8, 4) is 11.3 Å². The normalized spacial score (nSPS) is 11.8. The lowest BCUT2D eigenvalue weighted by Crippen LogP contribution is -2.22. The Morgan fingerprint density at radius 2 is 1.89 bits per heavy atom. The largest absolute Gasteiger partial charge is 0.383 e. The molecule has 0 unspecified atom stereocenters. The quantitative estimate of drug-likeness (QED) is 0.853. The third-order valence-corrected chi connectivity index (χ3v) is 3.26. The van der Waals surface area contributed by atoms with Crippen molar-refractivity contribution in [2.75, 3.05) is 5.73 Å². The van der Waals surface area contributed by atoms with Gasteiger partial charge in [-0.1, -0.05) is 23.2 Å². The lowest BCUT2D eigenvalue weighted by atomic mass is 10.1. The molecule has 0 aliphatic rings. The summed E-state index contributed by atoms with van der Waals surface area (Å²) in [6.45, 7) is 6.20. The Bertz CT molecular complexity index is 582. The van der Waals surface area contributed by atoms with Gasteiger partial charge in [0.2, 0.25) is 0 Å². The number of halogens is 2. The number of hydrogen-bond donors (Lipinski definition) is 1. The van der Waals surface area contributed by atoms with Crippen molar-refractivity contribution < 1.29 is 0 Å². The summed E-state index contributed by atoms with van der Waals surface area (Å²) in [5.74, 6) is 0.603. The van der Waals surface area contributed by atoms with E-state index < -0.39 is 0 Å². The van der Waals surface area contributed by atoms with E-state index >= 15 is 0 Å². The fraction of sp³-hybridized carbons (Fsp3) is 0.308. The van der Waals surface area contributed by atoms with Crippen LogP contribution in [0, 0.1) is 0 Å². The first-order valence-corrected chi connectivity index (χ1v) is 6.35. The van der Waals surface area contributed by atoms with Gasteiger partial charge in [-0.15, -0.1) is 0 Å². The zero-order valence-electron chi connectivity index (χ0n) is 10.5. The lowest BCUT2D eigenvalue weighted by Gasteiger charge is -2.22. The van der Waals surface area contributed by atoms with Crippen molar-refractivity contribution in [1.29, 1.82) is 0 Å². The topological polar surface area (TPSA) is 43.8 Å². The lowest BCUT2D eigenvalue weighted by molar-refractivity contribution is 0.402. The number of rotatable bonds is 1. The fourth-order valence-corrected chi connectivity index (χ4v) is 2.28. The second-order valence-electron chi connectivity index (χ2n) is 5.14. The second kappa shape index (κ2) is 4.48. The molecule has 5 heteroatoms. The highest BCUT2D eigenvalue weighted by Crippen LogP contribution is 2.34. The van der Waals surface area contributed by atoms with Crippen molar-refractivity contribution >= 4 is 29.0 Å². The van der Waals surface area contributed by atoms with Gasteiger partial charge in [0.25, 0.3) is 0 Å². The number of aromatic nitrogens is 2. The number of anilines is 1. The maximum atomic E-state index is 6.17. The molecule has 0 saturated heterocycles. The van der Waals surface area contributed by atoms with E-state index in [1.807, 2.05) is 10.6 Å². The van der Waals surface area contributed by atoms with Crippen molar-refractivity contribution in [1.82, 2.24) is 9.55 Å². The molecule has 0 aliphatic carbocycles. The predicted molar refractivity (Wildman–Crippen MR) is 77.1 cm³/mol. The SMILES string of the molecule is CC(C)(C)n1cnc(-c2ccc(Cl)cc2Cl)c1N. The first-order chi connectivity index (χ1) is 8.30. The number of imidazole rings is 1. The van der Waals surface area contributed by atoms with Crippen LogP contribution in [0.4, 0.5) is 5.82 Å². The first kappa shape index (κ1) is 13.2. The molecule has 0 radical (unpaired) electrons. The van der Waals surface area contributed by atoms with Gasteiger partial charge in [0.1, 0.15) is 11.5 Å². The second-order valence-corrected chi connectivity index (χ2v) is 5.99. The van der Waals surface area contributed by atoms with Gasteiger partial charge in [-0.25, -0.2) is 4.98 Å². The molecule has 2 N–H and O–H groups in total. The molecule has 1 aromatic heterocycles. The van der Waals surface area contributed by atoms with Gasteiger partial charge in [0, 0.05) is 16.1 Å². The molecule has 0 spiro atoms. The summed E-state index contributed by atoms with van der Waals surface area (Å²) in [5, 5.41) is 1.14. The first-order valence-electron chi connectivity index (χ1n) is 5.59. The van der Waals surface area contributed by atoms with Crippen molar-refractivity contribution in [3.05, 3.63) is 34.6 Å². The minimum absolute atomic E-state index is 0.117. The molecular formula is C13H15Cl2N3. The highest BCUT2D eigenvalue weighted by atomic mass is 35.5. The van der Waals surface area contributed by atoms with E-state index in [9.17, 15) is 0 Å². The number of benzene rings is 1. The van der Waals surface area contributed by atoms with Crippen molar-refractivity contribution in [2.24, 2.45) is 0 Å². The van der Waals surface area contributed by atoms with Gasteiger partial charge >= 0.3 is 0 Å². The number of nitrogens with two attached hydrogens (primary N) is 1. The van der Waals surface area contributed by atoms with Crippen LogP contribution >= 0.6 is 23.2 Å². The summed E-state index contributed by atoms with van der Waals surface area (Å²) in [5.41, 5.74) is 7.50. The molecule has 1 aromatic carbocycles. The Balaban J connectivity index is 2.56. The highest BCUT2D eigenvalue weighted by Gasteiger charge is 2.20. The summed E-state index contributed by atoms with van der Waals surface area (Å²) < 4.78 is 1.92. The van der Waals surface area contributed by atoms with Crippen LogP contribution < -0.4 is 5.73 Å². The summed E-state index contributed by atoms with van der Waals surface area (Å²) >= 11 is 12.1. The average Bonchev–Trinajstić information content (AvgIpc) is 2.60. The Kier molecular flexibility index (Phi) is 3.30. The van der Waals surface area contributed by atoms with Crippen LogP contribution in [0.25, 0.3) is 11.3 Å². The average molecular weight is 284 g/mol. The summed E-state index contributed by atoms with van der Waals surface area (Å²) in [7, 11) is 0. The molecule has 0 saturated carbocycles. The molecule has 0 bridgehead atoms. The van der Waals surface area contributed by atoms with Crippen LogP contribution in [0.15, 0.2) is 24.5 Å². The van der Waals surface area contributed by atoms with Crippen LogP contribution in [0.5, 0.6) is 0 Å². The Morgan fingerprint density at radius 1 is 1.22 bits per heavy atom. The predicted octanol–water partition coefficient (Wildman–Crippen LogP) is 4.19. The standard InChI is InChI=1S/C13H15Cl2N3/c1-13(2,3)18-7-17-11(12(18)16)9-5-4-8(14)6-10(9)15/h4-7H,16H2,1-3H3. The van der Waals surface area contributed by atoms with Crippen LogP contribution in [0.3, 0.4) is 0 Å². The van der Waals surface area contributed by atoms with Crippen LogP contribution in [-0.4, -0.2) is 9.55 Å². The van der Waals surface area contributed by atoms with Crippen molar-refractivity contribution in [3.63, 3.8) is 0 Å². The van der Waals surface area contributed by atoms with Crippen LogP contribution in [-0.2, 0) is 5.54 Å². The molecule has 0 aliphatic heterocycles. The van der Waals surface area contributed by atoms with E-state index in [1.165, 1.54) is 0 Å². The smallest absolute Gasteiger partial charge is 0.132 e. The van der Waals surface area contributed by atoms with E-state index in [1.54, 1.807) is 18.5 Å². The molecule has 0 fully saturated rings. The number of nitrogen functional groups attached to an aromatic ring is 1. The molecule has 3 nitrogen and oxygen atoms in total. The van der Waals surface area contributed by atoms with E-state index in [2.05, 4.69) is 25.8 Å². The van der Waals surface area contributed by atoms with Gasteiger partial charge < -0.3 is 10.3 Å². The highest BCUT2D eigenvalue weighted by molar-refractivity contribution is 6.36. The Hall–Kier alpha value is -1.19. The molecule has 0 amide bonds. The van der Waals surface area contributed by atoms with Crippen LogP contribution in [0.2, 0.25) is 10.0 Å². The number of hydrogen-bond acceptors (Lipinski definition) is 2. The van der Waals surface area contributed by atoms with Gasteiger partial charge in [-0.3, -0.25) is 0 Å². The molecule has 2 aromatic rings. The van der Waals surface area contributed by atoms with Crippen LogP contribution in [0.1, 0.15) is 20.8 Å². The Labute approximate surface area is 117 Å². The molecule has 0 atom stereocenters. The molecular weight excluding hydrogens is 269 g/mol. The molecule has 96 valence electrons. The third kappa shape index (κ3) is 2.33. The van der Waals surface area contributed by atoms with E-state index in [0.717, 1.165) is 5.56 Å². The fourth-order valence-electron chi connectivity index (χ4n) is 1.78. The van der Waals surface area contributed by atoms with E-state index in [0.29, 0.717) is 21.6 Å². The Morgan fingerprint density at radius 3 is 2.39 bits per heavy atom. The zero-order valence-corrected chi connectivity index (χ0v) is 12.0. The van der Waals surface area contributed by atoms with Gasteiger partial charge in [0.05, 0.1) is 11.3 Å². The zero-order chi connectivity index (χ0) is 13.5.